The Labute approximate surface area is 134 Å². The number of fused-ring (bicyclic) bond motifs is 1. The number of methoxy groups -OCH3 is 1. The molecule has 6 heteroatoms. The maximum absolute atomic E-state index is 12.5. The Morgan fingerprint density at radius 2 is 2.36 bits per heavy atom. The van der Waals surface area contributed by atoms with E-state index in [9.17, 15) is 9.59 Å². The molecule has 0 saturated carbocycles. The molecular formula is C16H20N2O3S. The van der Waals surface area contributed by atoms with E-state index in [0.717, 1.165) is 17.7 Å². The van der Waals surface area contributed by atoms with Gasteiger partial charge >= 0.3 is 0 Å². The zero-order valence-corrected chi connectivity index (χ0v) is 13.6. The van der Waals surface area contributed by atoms with Gasteiger partial charge in [-0.25, -0.2) is 0 Å². The number of benzene rings is 1. The summed E-state index contributed by atoms with van der Waals surface area (Å²) in [7, 11) is 1.62. The first-order valence-electron chi connectivity index (χ1n) is 7.40. The number of nitrogens with one attached hydrogen (secondary N) is 1. The molecule has 5 nitrogen and oxygen atoms in total. The third-order valence-corrected chi connectivity index (χ3v) is 5.85. The van der Waals surface area contributed by atoms with Gasteiger partial charge in [-0.2, -0.15) is 0 Å². The highest BCUT2D eigenvalue weighted by Crippen LogP contribution is 2.47. The zero-order valence-electron chi connectivity index (χ0n) is 12.8. The van der Waals surface area contributed by atoms with E-state index in [1.165, 1.54) is 0 Å². The van der Waals surface area contributed by atoms with Gasteiger partial charge in [0.15, 0.2) is 0 Å². The SMILES string of the molecule is COc1cccc(CNC(=O)[C@@H]2CS[C@]3(C)CCC(=O)N23)c1. The number of nitrogens with zero attached hydrogens (tertiary/aromatic N) is 1. The molecule has 2 heterocycles. The van der Waals surface area contributed by atoms with Gasteiger partial charge in [0.2, 0.25) is 11.8 Å². The predicted molar refractivity (Wildman–Crippen MR) is 85.6 cm³/mol. The minimum atomic E-state index is -0.351. The molecule has 0 aliphatic carbocycles. The molecule has 2 atom stereocenters. The standard InChI is InChI=1S/C16H20N2O3S/c1-16-7-6-14(19)18(16)13(10-22-16)15(20)17-9-11-4-3-5-12(8-11)21-2/h3-5,8,13H,6-7,9-10H2,1-2H3,(H,17,20)/t13-,16+/m0/s1. The Kier molecular flexibility index (Phi) is 4.04. The molecule has 0 spiro atoms. The lowest BCUT2D eigenvalue weighted by molar-refractivity contribution is -0.138. The molecule has 1 aromatic rings. The summed E-state index contributed by atoms with van der Waals surface area (Å²) in [5.41, 5.74) is 0.980. The maximum atomic E-state index is 12.5. The van der Waals surface area contributed by atoms with Crippen molar-refractivity contribution < 1.29 is 14.3 Å². The van der Waals surface area contributed by atoms with E-state index in [1.807, 2.05) is 24.3 Å². The molecule has 22 heavy (non-hydrogen) atoms. The number of thioether (sulfide) groups is 1. The van der Waals surface area contributed by atoms with Gasteiger partial charge in [-0.3, -0.25) is 9.59 Å². The first-order chi connectivity index (χ1) is 10.5. The first-order valence-corrected chi connectivity index (χ1v) is 8.39. The fourth-order valence-electron chi connectivity index (χ4n) is 3.10. The highest BCUT2D eigenvalue weighted by molar-refractivity contribution is 8.01. The number of hydrogen-bond donors (Lipinski definition) is 1. The van der Waals surface area contributed by atoms with Gasteiger partial charge in [-0.05, 0) is 31.0 Å². The third kappa shape index (κ3) is 2.67. The van der Waals surface area contributed by atoms with Crippen molar-refractivity contribution in [1.29, 1.82) is 0 Å². The topological polar surface area (TPSA) is 58.6 Å². The van der Waals surface area contributed by atoms with Gasteiger partial charge in [-0.15, -0.1) is 11.8 Å². The highest BCUT2D eigenvalue weighted by atomic mass is 32.2. The van der Waals surface area contributed by atoms with Crippen LogP contribution in [0.2, 0.25) is 0 Å². The van der Waals surface area contributed by atoms with Gasteiger partial charge in [0, 0.05) is 18.7 Å². The number of amides is 2. The summed E-state index contributed by atoms with van der Waals surface area (Å²) in [6, 6.07) is 7.25. The van der Waals surface area contributed by atoms with Gasteiger partial charge in [0.25, 0.3) is 0 Å². The number of rotatable bonds is 4. The number of hydrogen-bond acceptors (Lipinski definition) is 4. The van der Waals surface area contributed by atoms with Gasteiger partial charge in [-0.1, -0.05) is 12.1 Å². The molecule has 2 aliphatic heterocycles. The second kappa shape index (κ2) is 5.83. The summed E-state index contributed by atoms with van der Waals surface area (Å²) in [4.78, 5) is 26.1. The van der Waals surface area contributed by atoms with Crippen LogP contribution in [0.1, 0.15) is 25.3 Å². The summed E-state index contributed by atoms with van der Waals surface area (Å²) in [5, 5.41) is 2.94. The minimum Gasteiger partial charge on any atom is -0.497 e. The van der Waals surface area contributed by atoms with Crippen molar-refractivity contribution in [3.05, 3.63) is 29.8 Å². The van der Waals surface area contributed by atoms with E-state index < -0.39 is 0 Å². The van der Waals surface area contributed by atoms with Crippen molar-refractivity contribution in [1.82, 2.24) is 10.2 Å². The van der Waals surface area contributed by atoms with Crippen molar-refractivity contribution >= 4 is 23.6 Å². The van der Waals surface area contributed by atoms with Gasteiger partial charge in [0.05, 0.1) is 12.0 Å². The monoisotopic (exact) mass is 320 g/mol. The lowest BCUT2D eigenvalue weighted by atomic mass is 10.2. The van der Waals surface area contributed by atoms with Gasteiger partial charge in [0.1, 0.15) is 11.8 Å². The molecule has 2 saturated heterocycles. The lowest BCUT2D eigenvalue weighted by Gasteiger charge is -2.29. The number of carbonyl (C=O) groups is 2. The van der Waals surface area contributed by atoms with Crippen molar-refractivity contribution in [2.24, 2.45) is 0 Å². The van der Waals surface area contributed by atoms with Crippen LogP contribution in [-0.4, -0.2) is 40.5 Å². The van der Waals surface area contributed by atoms with E-state index in [1.54, 1.807) is 23.8 Å². The largest absolute Gasteiger partial charge is 0.497 e. The second-order valence-electron chi connectivity index (χ2n) is 5.83. The number of carbonyl (C=O) groups excluding carboxylic acids is 2. The maximum Gasteiger partial charge on any atom is 0.243 e. The van der Waals surface area contributed by atoms with Crippen LogP contribution in [0.5, 0.6) is 5.75 Å². The molecule has 1 N–H and O–H groups in total. The average Bonchev–Trinajstić information content (AvgIpc) is 3.02. The Morgan fingerprint density at radius 3 is 3.14 bits per heavy atom. The molecule has 1 aromatic carbocycles. The summed E-state index contributed by atoms with van der Waals surface area (Å²) >= 11 is 1.71. The fourth-order valence-corrected chi connectivity index (χ4v) is 4.54. The number of ether oxygens (including phenoxy) is 1. The van der Waals surface area contributed by atoms with E-state index in [-0.39, 0.29) is 22.7 Å². The minimum absolute atomic E-state index is 0.0747. The molecule has 3 rings (SSSR count). The first kappa shape index (κ1) is 15.2. The normalized spacial score (nSPS) is 26.9. The van der Waals surface area contributed by atoms with Crippen LogP contribution in [0.3, 0.4) is 0 Å². The molecule has 0 bridgehead atoms. The van der Waals surface area contributed by atoms with Crippen molar-refractivity contribution in [2.75, 3.05) is 12.9 Å². The Balaban J connectivity index is 1.64. The van der Waals surface area contributed by atoms with Gasteiger partial charge < -0.3 is 15.0 Å². The quantitative estimate of drug-likeness (QED) is 0.918. The molecule has 0 aromatic heterocycles. The van der Waals surface area contributed by atoms with Crippen LogP contribution in [-0.2, 0) is 16.1 Å². The second-order valence-corrected chi connectivity index (χ2v) is 7.34. The third-order valence-electron chi connectivity index (χ3n) is 4.35. The molecule has 0 radical (unpaired) electrons. The molecule has 2 fully saturated rings. The van der Waals surface area contributed by atoms with E-state index in [2.05, 4.69) is 12.2 Å². The van der Waals surface area contributed by atoms with Crippen molar-refractivity contribution in [3.8, 4) is 5.75 Å². The Morgan fingerprint density at radius 1 is 1.55 bits per heavy atom. The summed E-state index contributed by atoms with van der Waals surface area (Å²) < 4.78 is 5.18. The highest BCUT2D eigenvalue weighted by Gasteiger charge is 2.52. The zero-order chi connectivity index (χ0) is 15.7. The van der Waals surface area contributed by atoms with Crippen LogP contribution >= 0.6 is 11.8 Å². The smallest absolute Gasteiger partial charge is 0.243 e. The van der Waals surface area contributed by atoms with Crippen LogP contribution in [0, 0.1) is 0 Å². The average molecular weight is 320 g/mol. The van der Waals surface area contributed by atoms with Crippen LogP contribution in [0.25, 0.3) is 0 Å². The van der Waals surface area contributed by atoms with Crippen molar-refractivity contribution in [2.45, 2.75) is 37.2 Å². The summed E-state index contributed by atoms with van der Waals surface area (Å²) in [5.74, 6) is 1.46. The lowest BCUT2D eigenvalue weighted by Crippen LogP contribution is -2.49. The summed E-state index contributed by atoms with van der Waals surface area (Å²) in [6.45, 7) is 2.49. The van der Waals surface area contributed by atoms with Crippen LogP contribution in [0.15, 0.2) is 24.3 Å². The van der Waals surface area contributed by atoms with Crippen molar-refractivity contribution in [3.63, 3.8) is 0 Å². The molecular weight excluding hydrogens is 300 g/mol. The summed E-state index contributed by atoms with van der Waals surface area (Å²) in [6.07, 6.45) is 1.37. The fraction of sp³-hybridized carbons (Fsp3) is 0.500. The van der Waals surface area contributed by atoms with E-state index in [4.69, 9.17) is 4.74 Å². The predicted octanol–water partition coefficient (Wildman–Crippen LogP) is 1.77. The molecule has 2 aliphatic rings. The molecule has 2 amide bonds. The van der Waals surface area contributed by atoms with E-state index >= 15 is 0 Å². The molecule has 118 valence electrons. The van der Waals surface area contributed by atoms with Crippen LogP contribution in [0.4, 0.5) is 0 Å². The Bertz CT molecular complexity index is 607. The molecule has 0 unspecified atom stereocenters. The van der Waals surface area contributed by atoms with Crippen LogP contribution < -0.4 is 10.1 Å². The Hall–Kier alpha value is -1.69. The van der Waals surface area contributed by atoms with E-state index in [0.29, 0.717) is 18.7 Å².